The molecule has 138 valence electrons. The van der Waals surface area contributed by atoms with Crippen LogP contribution in [0.1, 0.15) is 19.4 Å². The molecule has 0 aromatic heterocycles. The minimum absolute atomic E-state index is 0.0349. The minimum atomic E-state index is -0.202. The van der Waals surface area contributed by atoms with Gasteiger partial charge in [-0.3, -0.25) is 4.79 Å². The number of anilines is 1. The Labute approximate surface area is 153 Å². The summed E-state index contributed by atoms with van der Waals surface area (Å²) in [6, 6.07) is 13.2. The van der Waals surface area contributed by atoms with Crippen LogP contribution in [0.15, 0.2) is 42.5 Å². The highest BCUT2D eigenvalue weighted by Gasteiger charge is 2.23. The van der Waals surface area contributed by atoms with Gasteiger partial charge < -0.3 is 24.4 Å². The predicted octanol–water partition coefficient (Wildman–Crippen LogP) is 1.86. The Balaban J connectivity index is 1.57. The molecule has 1 aliphatic rings. The Hall–Kier alpha value is -2.73. The van der Waals surface area contributed by atoms with Crippen LogP contribution in [0.25, 0.3) is 0 Å². The second-order valence-electron chi connectivity index (χ2n) is 6.38. The van der Waals surface area contributed by atoms with Crippen molar-refractivity contribution in [1.82, 2.24) is 0 Å². The summed E-state index contributed by atoms with van der Waals surface area (Å²) in [5, 5.41) is 2.95. The van der Waals surface area contributed by atoms with Crippen molar-refractivity contribution < 1.29 is 23.9 Å². The molecule has 0 fully saturated rings. The van der Waals surface area contributed by atoms with Crippen LogP contribution in [0.4, 0.5) is 5.69 Å². The summed E-state index contributed by atoms with van der Waals surface area (Å²) in [5.41, 5.74) is 1.87. The van der Waals surface area contributed by atoms with Crippen molar-refractivity contribution in [1.29, 1.82) is 0 Å². The van der Waals surface area contributed by atoms with Crippen LogP contribution in [0, 0.1) is 0 Å². The average Bonchev–Trinajstić information content (AvgIpc) is 3.10. The molecule has 2 aromatic rings. The van der Waals surface area contributed by atoms with E-state index in [1.807, 2.05) is 51.2 Å². The second kappa shape index (κ2) is 8.10. The van der Waals surface area contributed by atoms with E-state index in [4.69, 9.17) is 14.2 Å². The van der Waals surface area contributed by atoms with Crippen LogP contribution in [-0.4, -0.2) is 32.4 Å². The lowest BCUT2D eigenvalue weighted by atomic mass is 10.1. The Morgan fingerprint density at radius 1 is 1.19 bits per heavy atom. The van der Waals surface area contributed by atoms with Crippen LogP contribution < -0.4 is 24.4 Å². The molecule has 0 aliphatic carbocycles. The smallest absolute Gasteiger partial charge is 0.282 e. The molecule has 1 unspecified atom stereocenters. The number of carbonyl (C=O) groups excluding carboxylic acids is 1. The van der Waals surface area contributed by atoms with Gasteiger partial charge in [0.25, 0.3) is 5.91 Å². The third-order valence-corrected chi connectivity index (χ3v) is 4.49. The first-order chi connectivity index (χ1) is 12.6. The first-order valence-corrected chi connectivity index (χ1v) is 8.81. The summed E-state index contributed by atoms with van der Waals surface area (Å²) in [6.07, 6.45) is 0. The molecule has 2 N–H and O–H groups in total. The highest BCUT2D eigenvalue weighted by atomic mass is 16.7. The van der Waals surface area contributed by atoms with E-state index in [-0.39, 0.29) is 18.7 Å². The maximum Gasteiger partial charge on any atom is 0.282 e. The molecule has 1 amide bonds. The van der Waals surface area contributed by atoms with Crippen molar-refractivity contribution in [2.24, 2.45) is 0 Å². The molecule has 6 heteroatoms. The molecule has 0 saturated heterocycles. The number of hydrogen-bond acceptors (Lipinski definition) is 4. The highest BCUT2D eigenvalue weighted by molar-refractivity contribution is 5.93. The number of likely N-dealkylation sites (N-methyl/N-ethyl adjacent to an activating group) is 1. The number of hydrogen-bond donors (Lipinski definition) is 2. The number of carbonyl (C=O) groups is 1. The van der Waals surface area contributed by atoms with Gasteiger partial charge in [-0.1, -0.05) is 0 Å². The molecule has 0 saturated carbocycles. The second-order valence-corrected chi connectivity index (χ2v) is 6.38. The third-order valence-electron chi connectivity index (χ3n) is 4.49. The number of ether oxygens (including phenoxy) is 3. The first-order valence-electron chi connectivity index (χ1n) is 8.81. The fourth-order valence-electron chi connectivity index (χ4n) is 2.79. The van der Waals surface area contributed by atoms with Gasteiger partial charge in [0.1, 0.15) is 12.3 Å². The number of quaternary nitrogens is 1. The van der Waals surface area contributed by atoms with Gasteiger partial charge in [-0.05, 0) is 50.2 Å². The maximum absolute atomic E-state index is 12.6. The van der Waals surface area contributed by atoms with Crippen molar-refractivity contribution in [3.05, 3.63) is 48.0 Å². The number of rotatable bonds is 7. The Bertz CT molecular complexity index is 761. The SMILES string of the molecule is CCOc1ccc(C[NH+](C)[C@H](C)C(=O)Nc2ccc3c(c2)OCO3)cc1. The minimum Gasteiger partial charge on any atom is -0.494 e. The van der Waals surface area contributed by atoms with Gasteiger partial charge in [0, 0.05) is 17.3 Å². The van der Waals surface area contributed by atoms with Crippen LogP contribution in [-0.2, 0) is 11.3 Å². The Morgan fingerprint density at radius 2 is 1.92 bits per heavy atom. The summed E-state index contributed by atoms with van der Waals surface area (Å²) < 4.78 is 16.1. The average molecular weight is 357 g/mol. The lowest BCUT2D eigenvalue weighted by Gasteiger charge is -2.21. The van der Waals surface area contributed by atoms with Crippen LogP contribution in [0.5, 0.6) is 17.2 Å². The van der Waals surface area contributed by atoms with Crippen LogP contribution in [0.2, 0.25) is 0 Å². The monoisotopic (exact) mass is 357 g/mol. The number of benzene rings is 2. The molecule has 6 nitrogen and oxygen atoms in total. The molecular formula is C20H25N2O4+. The van der Waals surface area contributed by atoms with Gasteiger partial charge >= 0.3 is 0 Å². The molecule has 1 aliphatic heterocycles. The van der Waals surface area contributed by atoms with Crippen molar-refractivity contribution in [2.75, 3.05) is 25.8 Å². The zero-order valence-electron chi connectivity index (χ0n) is 15.4. The van der Waals surface area contributed by atoms with Crippen molar-refractivity contribution in [3.8, 4) is 17.2 Å². The number of nitrogens with one attached hydrogen (secondary N) is 2. The fraction of sp³-hybridized carbons (Fsp3) is 0.350. The summed E-state index contributed by atoms with van der Waals surface area (Å²) in [4.78, 5) is 13.7. The lowest BCUT2D eigenvalue weighted by Crippen LogP contribution is -3.12. The molecule has 2 atom stereocenters. The van der Waals surface area contributed by atoms with E-state index in [9.17, 15) is 4.79 Å². The molecule has 1 heterocycles. The molecule has 0 spiro atoms. The van der Waals surface area contributed by atoms with E-state index in [1.165, 1.54) is 0 Å². The number of fused-ring (bicyclic) bond motifs is 1. The maximum atomic E-state index is 12.6. The lowest BCUT2D eigenvalue weighted by molar-refractivity contribution is -0.907. The van der Waals surface area contributed by atoms with Gasteiger partial charge in [-0.25, -0.2) is 0 Å². The first kappa shape index (κ1) is 18.1. The molecule has 2 aromatic carbocycles. The van der Waals surface area contributed by atoms with Gasteiger partial charge in [0.15, 0.2) is 17.5 Å². The topological polar surface area (TPSA) is 61.2 Å². The summed E-state index contributed by atoms with van der Waals surface area (Å²) >= 11 is 0. The van der Waals surface area contributed by atoms with Crippen molar-refractivity contribution in [2.45, 2.75) is 26.4 Å². The highest BCUT2D eigenvalue weighted by Crippen LogP contribution is 2.34. The van der Waals surface area contributed by atoms with Crippen molar-refractivity contribution in [3.63, 3.8) is 0 Å². The standard InChI is InChI=1S/C20H24N2O4/c1-4-24-17-8-5-15(6-9-17)12-22(3)14(2)20(23)21-16-7-10-18-19(11-16)26-13-25-18/h5-11,14H,4,12-13H2,1-3H3,(H,21,23)/p+1/t14-/m1/s1. The van der Waals surface area contributed by atoms with Gasteiger partial charge in [0.2, 0.25) is 6.79 Å². The molecule has 3 rings (SSSR count). The van der Waals surface area contributed by atoms with Gasteiger partial charge in [-0.15, -0.1) is 0 Å². The quantitative estimate of drug-likeness (QED) is 0.794. The zero-order valence-corrected chi connectivity index (χ0v) is 15.4. The fourth-order valence-corrected chi connectivity index (χ4v) is 2.79. The predicted molar refractivity (Wildman–Crippen MR) is 98.9 cm³/mol. The normalized spacial score (nSPS) is 14.6. The molecule has 0 radical (unpaired) electrons. The molecule has 26 heavy (non-hydrogen) atoms. The van der Waals surface area contributed by atoms with Crippen LogP contribution in [0.3, 0.4) is 0 Å². The summed E-state index contributed by atoms with van der Waals surface area (Å²) in [6.45, 7) is 5.51. The van der Waals surface area contributed by atoms with Gasteiger partial charge in [-0.2, -0.15) is 0 Å². The van der Waals surface area contributed by atoms with E-state index in [0.717, 1.165) is 22.8 Å². The van der Waals surface area contributed by atoms with E-state index in [1.54, 1.807) is 12.1 Å². The Kier molecular flexibility index (Phi) is 5.63. The van der Waals surface area contributed by atoms with Gasteiger partial charge in [0.05, 0.1) is 13.7 Å². The van der Waals surface area contributed by atoms with E-state index in [2.05, 4.69) is 5.32 Å². The van der Waals surface area contributed by atoms with E-state index >= 15 is 0 Å². The summed E-state index contributed by atoms with van der Waals surface area (Å²) in [7, 11) is 2.01. The Morgan fingerprint density at radius 3 is 2.65 bits per heavy atom. The zero-order chi connectivity index (χ0) is 18.5. The van der Waals surface area contributed by atoms with Crippen molar-refractivity contribution >= 4 is 11.6 Å². The van der Waals surface area contributed by atoms with E-state index in [0.29, 0.717) is 23.8 Å². The number of amides is 1. The third kappa shape index (κ3) is 4.26. The summed E-state index contributed by atoms with van der Waals surface area (Å²) in [5.74, 6) is 2.19. The molecule has 0 bridgehead atoms. The molecular weight excluding hydrogens is 332 g/mol. The van der Waals surface area contributed by atoms with E-state index < -0.39 is 0 Å². The van der Waals surface area contributed by atoms with Crippen LogP contribution >= 0.6 is 0 Å². The largest absolute Gasteiger partial charge is 0.494 e.